The number of nitrogens with zero attached hydrogens (tertiary/aromatic N) is 2. The summed E-state index contributed by atoms with van der Waals surface area (Å²) in [5.74, 6) is -0.343. The first-order chi connectivity index (χ1) is 10.8. The van der Waals surface area contributed by atoms with Gasteiger partial charge in [-0.3, -0.25) is 9.82 Å². The second kappa shape index (κ2) is 6.68. The third-order valence-electron chi connectivity index (χ3n) is 3.76. The molecule has 1 aliphatic rings. The van der Waals surface area contributed by atoms with Crippen molar-refractivity contribution in [3.05, 3.63) is 66.0 Å². The SMILES string of the molecule is COC(=O)[C@@H]1C[C@H](c2cccnc2)N(Cc2ccccc2)O1. The summed E-state index contributed by atoms with van der Waals surface area (Å²) in [6, 6.07) is 13.9. The number of ether oxygens (including phenoxy) is 1. The molecule has 0 spiro atoms. The van der Waals surface area contributed by atoms with E-state index in [2.05, 4.69) is 4.98 Å². The maximum atomic E-state index is 11.8. The van der Waals surface area contributed by atoms with Gasteiger partial charge >= 0.3 is 5.97 Å². The molecule has 0 aliphatic carbocycles. The average Bonchev–Trinajstić information content (AvgIpc) is 3.00. The molecule has 0 radical (unpaired) electrons. The number of hydrogen-bond acceptors (Lipinski definition) is 5. The van der Waals surface area contributed by atoms with E-state index >= 15 is 0 Å². The molecule has 1 aromatic heterocycles. The molecule has 0 unspecified atom stereocenters. The molecule has 2 aromatic rings. The smallest absolute Gasteiger partial charge is 0.337 e. The van der Waals surface area contributed by atoms with E-state index in [1.165, 1.54) is 7.11 Å². The van der Waals surface area contributed by atoms with Crippen LogP contribution in [0.25, 0.3) is 0 Å². The predicted molar refractivity (Wildman–Crippen MR) is 80.5 cm³/mol. The molecule has 1 aromatic carbocycles. The molecule has 3 rings (SSSR count). The molecule has 0 saturated carbocycles. The van der Waals surface area contributed by atoms with Crippen LogP contribution in [0.2, 0.25) is 0 Å². The summed E-state index contributed by atoms with van der Waals surface area (Å²) in [7, 11) is 1.38. The quantitative estimate of drug-likeness (QED) is 0.812. The van der Waals surface area contributed by atoms with Gasteiger partial charge in [-0.15, -0.1) is 0 Å². The van der Waals surface area contributed by atoms with Gasteiger partial charge < -0.3 is 4.74 Å². The van der Waals surface area contributed by atoms with Crippen LogP contribution in [-0.4, -0.2) is 29.2 Å². The van der Waals surface area contributed by atoms with Crippen LogP contribution in [0.3, 0.4) is 0 Å². The second-order valence-electron chi connectivity index (χ2n) is 5.22. The summed E-state index contributed by atoms with van der Waals surface area (Å²) in [6.45, 7) is 0.605. The molecule has 114 valence electrons. The summed E-state index contributed by atoms with van der Waals surface area (Å²) < 4.78 is 4.81. The van der Waals surface area contributed by atoms with Crippen LogP contribution in [0.15, 0.2) is 54.9 Å². The number of aromatic nitrogens is 1. The number of carbonyl (C=O) groups is 1. The van der Waals surface area contributed by atoms with Crippen molar-refractivity contribution in [2.45, 2.75) is 25.1 Å². The van der Waals surface area contributed by atoms with Crippen LogP contribution < -0.4 is 0 Å². The van der Waals surface area contributed by atoms with Crippen LogP contribution >= 0.6 is 0 Å². The van der Waals surface area contributed by atoms with E-state index in [0.29, 0.717) is 13.0 Å². The van der Waals surface area contributed by atoms with Crippen molar-refractivity contribution in [2.24, 2.45) is 0 Å². The van der Waals surface area contributed by atoms with Gasteiger partial charge in [0, 0.05) is 25.4 Å². The van der Waals surface area contributed by atoms with Crippen molar-refractivity contribution in [3.8, 4) is 0 Å². The standard InChI is InChI=1S/C17H18N2O3/c1-21-17(20)16-10-15(14-8-5-9-18-11-14)19(22-16)12-13-6-3-2-4-7-13/h2-9,11,15-16H,10,12H2,1H3/t15-,16+/m1/s1. The van der Waals surface area contributed by atoms with E-state index in [4.69, 9.17) is 9.57 Å². The second-order valence-corrected chi connectivity index (χ2v) is 5.22. The molecule has 2 heterocycles. The first kappa shape index (κ1) is 14.7. The molecule has 0 N–H and O–H groups in total. The lowest BCUT2D eigenvalue weighted by Gasteiger charge is -2.22. The molecule has 2 atom stereocenters. The van der Waals surface area contributed by atoms with Crippen molar-refractivity contribution in [1.29, 1.82) is 0 Å². The first-order valence-corrected chi connectivity index (χ1v) is 7.23. The Morgan fingerprint density at radius 1 is 1.32 bits per heavy atom. The summed E-state index contributed by atoms with van der Waals surface area (Å²) in [6.07, 6.45) is 3.54. The minimum Gasteiger partial charge on any atom is -0.467 e. The highest BCUT2D eigenvalue weighted by Gasteiger charge is 2.39. The van der Waals surface area contributed by atoms with Gasteiger partial charge in [0.25, 0.3) is 0 Å². The Morgan fingerprint density at radius 2 is 2.14 bits per heavy atom. The minimum atomic E-state index is -0.570. The topological polar surface area (TPSA) is 51.7 Å². The number of rotatable bonds is 4. The Morgan fingerprint density at radius 3 is 2.82 bits per heavy atom. The molecule has 1 fully saturated rings. The number of methoxy groups -OCH3 is 1. The van der Waals surface area contributed by atoms with E-state index in [-0.39, 0.29) is 12.0 Å². The first-order valence-electron chi connectivity index (χ1n) is 7.23. The van der Waals surface area contributed by atoms with Crippen LogP contribution in [0.1, 0.15) is 23.6 Å². The Bertz CT molecular complexity index is 618. The van der Waals surface area contributed by atoms with Crippen LogP contribution in [-0.2, 0) is 20.9 Å². The summed E-state index contributed by atoms with van der Waals surface area (Å²) >= 11 is 0. The van der Waals surface area contributed by atoms with Gasteiger partial charge in [0.05, 0.1) is 13.2 Å². The average molecular weight is 298 g/mol. The molecule has 5 heteroatoms. The zero-order valence-corrected chi connectivity index (χ0v) is 12.4. The van der Waals surface area contributed by atoms with E-state index in [1.807, 2.05) is 53.7 Å². The summed E-state index contributed by atoms with van der Waals surface area (Å²) in [5.41, 5.74) is 2.16. The summed E-state index contributed by atoms with van der Waals surface area (Å²) in [5, 5.41) is 1.84. The Labute approximate surface area is 129 Å². The van der Waals surface area contributed by atoms with E-state index in [0.717, 1.165) is 11.1 Å². The molecule has 1 aliphatic heterocycles. The highest BCUT2D eigenvalue weighted by Crippen LogP contribution is 2.35. The van der Waals surface area contributed by atoms with E-state index < -0.39 is 6.10 Å². The number of pyridine rings is 1. The molecule has 0 bridgehead atoms. The molecule has 22 heavy (non-hydrogen) atoms. The zero-order chi connectivity index (χ0) is 15.4. The largest absolute Gasteiger partial charge is 0.467 e. The van der Waals surface area contributed by atoms with Crippen molar-refractivity contribution in [1.82, 2.24) is 10.0 Å². The van der Waals surface area contributed by atoms with Crippen molar-refractivity contribution in [2.75, 3.05) is 7.11 Å². The van der Waals surface area contributed by atoms with Gasteiger partial charge in [-0.1, -0.05) is 36.4 Å². The minimum absolute atomic E-state index is 0.0157. The lowest BCUT2D eigenvalue weighted by atomic mass is 10.0. The lowest BCUT2D eigenvalue weighted by Crippen LogP contribution is -2.25. The van der Waals surface area contributed by atoms with Gasteiger partial charge in [-0.05, 0) is 17.2 Å². The van der Waals surface area contributed by atoms with Gasteiger partial charge in [0.1, 0.15) is 0 Å². The number of hydrogen-bond donors (Lipinski definition) is 0. The third-order valence-corrected chi connectivity index (χ3v) is 3.76. The monoisotopic (exact) mass is 298 g/mol. The maximum Gasteiger partial charge on any atom is 0.337 e. The zero-order valence-electron chi connectivity index (χ0n) is 12.4. The molecule has 0 amide bonds. The Hall–Kier alpha value is -2.24. The fraction of sp³-hybridized carbons (Fsp3) is 0.294. The maximum absolute atomic E-state index is 11.8. The molecule has 1 saturated heterocycles. The number of hydroxylamine groups is 2. The van der Waals surface area contributed by atoms with Crippen LogP contribution in [0, 0.1) is 0 Å². The predicted octanol–water partition coefficient (Wildman–Crippen LogP) is 2.50. The van der Waals surface area contributed by atoms with Crippen molar-refractivity contribution >= 4 is 5.97 Å². The van der Waals surface area contributed by atoms with E-state index in [1.54, 1.807) is 6.20 Å². The Kier molecular flexibility index (Phi) is 4.46. The molecule has 5 nitrogen and oxygen atoms in total. The fourth-order valence-corrected chi connectivity index (χ4v) is 2.66. The van der Waals surface area contributed by atoms with Crippen molar-refractivity contribution in [3.63, 3.8) is 0 Å². The van der Waals surface area contributed by atoms with Gasteiger partial charge in [-0.2, -0.15) is 5.06 Å². The highest BCUT2D eigenvalue weighted by atomic mass is 16.7. The van der Waals surface area contributed by atoms with Crippen LogP contribution in [0.5, 0.6) is 0 Å². The molecular formula is C17H18N2O3. The Balaban J connectivity index is 1.82. The van der Waals surface area contributed by atoms with Gasteiger partial charge in [0.15, 0.2) is 6.10 Å². The highest BCUT2D eigenvalue weighted by molar-refractivity contribution is 5.74. The number of benzene rings is 1. The summed E-state index contributed by atoms with van der Waals surface area (Å²) in [4.78, 5) is 21.8. The third kappa shape index (κ3) is 3.16. The number of esters is 1. The molecular weight excluding hydrogens is 280 g/mol. The number of carbonyl (C=O) groups excluding carboxylic acids is 1. The lowest BCUT2D eigenvalue weighted by molar-refractivity contribution is -0.191. The fourth-order valence-electron chi connectivity index (χ4n) is 2.66. The van der Waals surface area contributed by atoms with Crippen molar-refractivity contribution < 1.29 is 14.4 Å². The normalized spacial score (nSPS) is 21.7. The van der Waals surface area contributed by atoms with E-state index in [9.17, 15) is 4.79 Å². The van der Waals surface area contributed by atoms with Gasteiger partial charge in [-0.25, -0.2) is 4.79 Å². The van der Waals surface area contributed by atoms with Crippen LogP contribution in [0.4, 0.5) is 0 Å². The van der Waals surface area contributed by atoms with Gasteiger partial charge in [0.2, 0.25) is 0 Å².